The summed E-state index contributed by atoms with van der Waals surface area (Å²) in [5.74, 6) is 5.68. The molecule has 2 aromatic rings. The van der Waals surface area contributed by atoms with Crippen LogP contribution in [0.25, 0.3) is 10.9 Å². The number of rotatable bonds is 6. The van der Waals surface area contributed by atoms with Crippen LogP contribution in [0.5, 0.6) is 5.75 Å². The van der Waals surface area contributed by atoms with Crippen LogP contribution in [0, 0.1) is 0 Å². The first-order chi connectivity index (χ1) is 9.58. The molecule has 2 rings (SSSR count). The summed E-state index contributed by atoms with van der Waals surface area (Å²) in [4.78, 5) is 25.2. The van der Waals surface area contributed by atoms with E-state index in [0.29, 0.717) is 29.7 Å². The Kier molecular flexibility index (Phi) is 3.90. The fourth-order valence-electron chi connectivity index (χ4n) is 1.97. The van der Waals surface area contributed by atoms with Gasteiger partial charge in [0.05, 0.1) is 17.7 Å². The number of carbonyl (C=O) groups is 2. The van der Waals surface area contributed by atoms with Gasteiger partial charge in [0.1, 0.15) is 11.6 Å². The molecule has 0 aliphatic rings. The van der Waals surface area contributed by atoms with Gasteiger partial charge < -0.3 is 15.5 Å². The maximum atomic E-state index is 11.5. The predicted octanol–water partition coefficient (Wildman–Crippen LogP) is 0.892. The Labute approximate surface area is 115 Å². The van der Waals surface area contributed by atoms with Crippen molar-refractivity contribution in [1.29, 1.82) is 0 Å². The van der Waals surface area contributed by atoms with Crippen molar-refractivity contribution in [3.63, 3.8) is 0 Å². The summed E-state index contributed by atoms with van der Waals surface area (Å²) in [5.41, 5.74) is 6.15. The highest BCUT2D eigenvalue weighted by atomic mass is 16.5. The number of ether oxygens (including phenoxy) is 1. The van der Waals surface area contributed by atoms with Gasteiger partial charge in [-0.25, -0.2) is 10.9 Å². The number of aromatic nitrogens is 1. The molecule has 0 atom stereocenters. The molecule has 0 saturated heterocycles. The Balaban J connectivity index is 2.55. The monoisotopic (exact) mass is 276 g/mol. The van der Waals surface area contributed by atoms with Crippen LogP contribution in [0.2, 0.25) is 0 Å². The Morgan fingerprint density at radius 2 is 2.25 bits per heavy atom. The average molecular weight is 276 g/mol. The van der Waals surface area contributed by atoms with Gasteiger partial charge in [-0.3, -0.25) is 9.59 Å². The van der Waals surface area contributed by atoms with Crippen LogP contribution in [-0.4, -0.2) is 23.9 Å². The molecule has 0 radical (unpaired) electrons. The lowest BCUT2D eigenvalue weighted by molar-refractivity contribution is -0.107. The van der Waals surface area contributed by atoms with Crippen LogP contribution in [-0.2, 0) is 4.79 Å². The zero-order valence-corrected chi connectivity index (χ0v) is 11.1. The minimum atomic E-state index is -0.661. The highest BCUT2D eigenvalue weighted by molar-refractivity contribution is 6.12. The lowest BCUT2D eigenvalue weighted by atomic mass is 10.1. The third-order valence-electron chi connectivity index (χ3n) is 2.84. The van der Waals surface area contributed by atoms with Gasteiger partial charge in [-0.05, 0) is 18.6 Å². The van der Waals surface area contributed by atoms with Gasteiger partial charge in [-0.15, -0.1) is 0 Å². The summed E-state index contributed by atoms with van der Waals surface area (Å²) >= 11 is 0. The maximum absolute atomic E-state index is 11.5. The van der Waals surface area contributed by atoms with Crippen molar-refractivity contribution in [2.24, 2.45) is 11.6 Å². The summed E-state index contributed by atoms with van der Waals surface area (Å²) in [6.07, 6.45) is 1.29. The molecule has 106 valence electrons. The molecule has 1 aromatic carbocycles. The molecule has 0 saturated carbocycles. The first-order valence-electron chi connectivity index (χ1n) is 6.16. The number of H-pyrrole nitrogens is 1. The van der Waals surface area contributed by atoms with Gasteiger partial charge in [0.25, 0.3) is 5.91 Å². The Morgan fingerprint density at radius 3 is 2.85 bits per heavy atom. The van der Waals surface area contributed by atoms with E-state index in [1.54, 1.807) is 18.2 Å². The molecule has 7 nitrogen and oxygen atoms in total. The Morgan fingerprint density at radius 1 is 1.50 bits per heavy atom. The summed E-state index contributed by atoms with van der Waals surface area (Å²) < 4.78 is 5.51. The van der Waals surface area contributed by atoms with E-state index in [4.69, 9.17) is 16.3 Å². The summed E-state index contributed by atoms with van der Waals surface area (Å²) in [7, 11) is 0. The third kappa shape index (κ3) is 2.43. The van der Waals surface area contributed by atoms with Crippen molar-refractivity contribution in [3.8, 4) is 5.75 Å². The Bertz CT molecular complexity index is 650. The molecular formula is C13H16N4O3. The van der Waals surface area contributed by atoms with Crippen LogP contribution in [0.1, 0.15) is 23.7 Å². The van der Waals surface area contributed by atoms with Crippen molar-refractivity contribution < 1.29 is 14.3 Å². The number of nitrogens with zero attached hydrogens (tertiary/aromatic N) is 1. The van der Waals surface area contributed by atoms with Gasteiger partial charge in [0.2, 0.25) is 6.41 Å². The van der Waals surface area contributed by atoms with Gasteiger partial charge in [-0.1, -0.05) is 6.92 Å². The standard InChI is InChI=1S/C13H16N4O3/c1-2-5-20-8-3-4-9-10(6-8)16-13(17(15)7-18)11(9)12(14)19/h3-4,6-7,16H,2,5,15H2,1H3,(H2,14,19). The number of anilines is 1. The number of hydrazine groups is 1. The number of carbonyl (C=O) groups excluding carboxylic acids is 2. The largest absolute Gasteiger partial charge is 0.494 e. The number of nitrogens with one attached hydrogen (secondary N) is 1. The van der Waals surface area contributed by atoms with Crippen molar-refractivity contribution >= 4 is 29.0 Å². The summed E-state index contributed by atoms with van der Waals surface area (Å²) in [6, 6.07) is 5.18. The van der Waals surface area contributed by atoms with Gasteiger partial charge in [-0.2, -0.15) is 0 Å². The molecule has 0 aliphatic carbocycles. The van der Waals surface area contributed by atoms with Crippen molar-refractivity contribution in [3.05, 3.63) is 23.8 Å². The fourth-order valence-corrected chi connectivity index (χ4v) is 1.97. The number of amides is 2. The van der Waals surface area contributed by atoms with E-state index >= 15 is 0 Å². The molecule has 0 fully saturated rings. The normalized spacial score (nSPS) is 10.5. The van der Waals surface area contributed by atoms with E-state index in [1.165, 1.54) is 0 Å². The first kappa shape index (κ1) is 13.9. The van der Waals surface area contributed by atoms with Crippen LogP contribution in [0.4, 0.5) is 5.82 Å². The maximum Gasteiger partial charge on any atom is 0.253 e. The number of primary amides is 1. The second-order valence-electron chi connectivity index (χ2n) is 4.28. The average Bonchev–Trinajstić information content (AvgIpc) is 2.82. The van der Waals surface area contributed by atoms with Gasteiger partial charge >= 0.3 is 0 Å². The molecule has 0 bridgehead atoms. The summed E-state index contributed by atoms with van der Waals surface area (Å²) in [6.45, 7) is 2.60. The zero-order chi connectivity index (χ0) is 14.7. The predicted molar refractivity (Wildman–Crippen MR) is 75.3 cm³/mol. The number of benzene rings is 1. The van der Waals surface area contributed by atoms with E-state index in [9.17, 15) is 9.59 Å². The van der Waals surface area contributed by atoms with Crippen LogP contribution in [0.3, 0.4) is 0 Å². The molecule has 0 spiro atoms. The van der Waals surface area contributed by atoms with Crippen LogP contribution < -0.4 is 21.3 Å². The zero-order valence-electron chi connectivity index (χ0n) is 11.1. The van der Waals surface area contributed by atoms with Gasteiger partial charge in [0.15, 0.2) is 0 Å². The van der Waals surface area contributed by atoms with Crippen molar-refractivity contribution in [2.45, 2.75) is 13.3 Å². The quantitative estimate of drug-likeness (QED) is 0.314. The summed E-state index contributed by atoms with van der Waals surface area (Å²) in [5, 5.41) is 1.38. The van der Waals surface area contributed by atoms with E-state index in [-0.39, 0.29) is 11.4 Å². The third-order valence-corrected chi connectivity index (χ3v) is 2.84. The first-order valence-corrected chi connectivity index (χ1v) is 6.16. The van der Waals surface area contributed by atoms with E-state index in [2.05, 4.69) is 4.98 Å². The SMILES string of the molecule is CCCOc1ccc2c(C(N)=O)c(N(N)C=O)[nH]c2c1. The lowest BCUT2D eigenvalue weighted by Crippen LogP contribution is -2.31. The molecule has 0 unspecified atom stereocenters. The Hall–Kier alpha value is -2.54. The smallest absolute Gasteiger partial charge is 0.253 e. The minimum Gasteiger partial charge on any atom is -0.494 e. The van der Waals surface area contributed by atoms with Gasteiger partial charge in [0, 0.05) is 11.5 Å². The second-order valence-corrected chi connectivity index (χ2v) is 4.28. The molecule has 20 heavy (non-hydrogen) atoms. The lowest BCUT2D eigenvalue weighted by Gasteiger charge is -2.08. The van der Waals surface area contributed by atoms with E-state index in [0.717, 1.165) is 11.4 Å². The number of hydrogen-bond donors (Lipinski definition) is 3. The molecule has 0 aliphatic heterocycles. The van der Waals surface area contributed by atoms with Crippen LogP contribution in [0.15, 0.2) is 18.2 Å². The molecule has 7 heteroatoms. The number of hydrogen-bond acceptors (Lipinski definition) is 4. The molecule has 2 amide bonds. The van der Waals surface area contributed by atoms with E-state index < -0.39 is 5.91 Å². The van der Waals surface area contributed by atoms with Crippen molar-refractivity contribution in [1.82, 2.24) is 4.98 Å². The second kappa shape index (κ2) is 5.62. The number of nitrogens with two attached hydrogens (primary N) is 2. The van der Waals surface area contributed by atoms with Crippen molar-refractivity contribution in [2.75, 3.05) is 11.6 Å². The van der Waals surface area contributed by atoms with Crippen LogP contribution >= 0.6 is 0 Å². The highest BCUT2D eigenvalue weighted by Gasteiger charge is 2.19. The molecule has 1 aromatic heterocycles. The highest BCUT2D eigenvalue weighted by Crippen LogP contribution is 2.29. The number of aromatic amines is 1. The van der Waals surface area contributed by atoms with E-state index in [1.807, 2.05) is 6.92 Å². The molecule has 1 heterocycles. The fraction of sp³-hybridized carbons (Fsp3) is 0.231. The topological polar surface area (TPSA) is 114 Å². The molecule has 5 N–H and O–H groups in total. The number of fused-ring (bicyclic) bond motifs is 1. The minimum absolute atomic E-state index is 0.162. The molecular weight excluding hydrogens is 260 g/mol.